The molecule has 4 heteroatoms. The minimum Gasteiger partial charge on any atom is -0.304 e. The number of hydrogen-bond acceptors (Lipinski definition) is 3. The summed E-state index contributed by atoms with van der Waals surface area (Å²) < 4.78 is 2.28. The zero-order chi connectivity index (χ0) is 15.2. The van der Waals surface area contributed by atoms with Crippen molar-refractivity contribution in [2.24, 2.45) is 0 Å². The van der Waals surface area contributed by atoms with Crippen LogP contribution in [0.2, 0.25) is 0 Å². The Kier molecular flexibility index (Phi) is 3.54. The van der Waals surface area contributed by atoms with Gasteiger partial charge >= 0.3 is 0 Å². The van der Waals surface area contributed by atoms with Gasteiger partial charge in [0.05, 0.1) is 16.7 Å². The summed E-state index contributed by atoms with van der Waals surface area (Å²) >= 11 is 0. The highest BCUT2D eigenvalue weighted by Crippen LogP contribution is 2.30. The Balaban J connectivity index is 2.05. The minimum atomic E-state index is -0.0494. The predicted octanol–water partition coefficient (Wildman–Crippen LogP) is 2.43. The van der Waals surface area contributed by atoms with Crippen LogP contribution in [0.4, 0.5) is 0 Å². The smallest absolute Gasteiger partial charge is 0.133 e. The lowest BCUT2D eigenvalue weighted by molar-refractivity contribution is 0.0547. The van der Waals surface area contributed by atoms with Gasteiger partial charge in [-0.3, -0.25) is 4.90 Å². The number of hydrogen-bond donors (Lipinski definition) is 0. The number of imidazole rings is 1. The van der Waals surface area contributed by atoms with Gasteiger partial charge in [-0.15, -0.1) is 0 Å². The Morgan fingerprint density at radius 2 is 1.76 bits per heavy atom. The maximum atomic E-state index is 4.92. The van der Waals surface area contributed by atoms with Gasteiger partial charge in [0.2, 0.25) is 0 Å². The highest BCUT2D eigenvalue weighted by atomic mass is 15.3. The second kappa shape index (κ2) is 5.11. The number of pyridine rings is 1. The third-order valence-electron chi connectivity index (χ3n) is 4.88. The molecule has 1 saturated heterocycles. The number of likely N-dealkylation sites (N-methyl/N-ethyl adjacent to an activating group) is 1. The third-order valence-corrected chi connectivity index (χ3v) is 4.88. The molecule has 0 spiro atoms. The maximum Gasteiger partial charge on any atom is 0.133 e. The molecule has 1 aliphatic rings. The zero-order valence-electron chi connectivity index (χ0n) is 13.8. The molecule has 0 aromatic carbocycles. The van der Waals surface area contributed by atoms with Crippen LogP contribution in [0.25, 0.3) is 5.52 Å². The maximum absolute atomic E-state index is 4.92. The van der Waals surface area contributed by atoms with Crippen molar-refractivity contribution in [1.29, 1.82) is 0 Å². The summed E-state index contributed by atoms with van der Waals surface area (Å²) in [6.45, 7) is 13.3. The molecule has 2 aromatic rings. The van der Waals surface area contributed by atoms with E-state index in [9.17, 15) is 0 Å². The van der Waals surface area contributed by atoms with Crippen LogP contribution in [-0.2, 0) is 5.54 Å². The largest absolute Gasteiger partial charge is 0.304 e. The fourth-order valence-corrected chi connectivity index (χ4v) is 3.46. The van der Waals surface area contributed by atoms with Crippen LogP contribution in [0, 0.1) is 13.8 Å². The predicted molar refractivity (Wildman–Crippen MR) is 86.8 cm³/mol. The molecule has 21 heavy (non-hydrogen) atoms. The Morgan fingerprint density at radius 1 is 1.10 bits per heavy atom. The lowest BCUT2D eigenvalue weighted by Crippen LogP contribution is -2.52. The van der Waals surface area contributed by atoms with E-state index in [1.54, 1.807) is 0 Å². The zero-order valence-corrected chi connectivity index (χ0v) is 13.8. The number of piperazine rings is 1. The highest BCUT2D eigenvalue weighted by Gasteiger charge is 2.34. The van der Waals surface area contributed by atoms with Crippen molar-refractivity contribution in [3.05, 3.63) is 35.4 Å². The van der Waals surface area contributed by atoms with Gasteiger partial charge in [0.15, 0.2) is 0 Å². The molecule has 4 nitrogen and oxygen atoms in total. The standard InChI is InChI=1S/C17H26N4/c1-13-7-6-8-21-15(13)14(2)18-16(21)17(3,4)20-11-9-19(5)10-12-20/h6-8H,9-12H2,1-5H3. The molecule has 0 aliphatic carbocycles. The monoisotopic (exact) mass is 286 g/mol. The van der Waals surface area contributed by atoms with Gasteiger partial charge < -0.3 is 9.30 Å². The average Bonchev–Trinajstić information content (AvgIpc) is 2.79. The van der Waals surface area contributed by atoms with Crippen LogP contribution >= 0.6 is 0 Å². The van der Waals surface area contributed by atoms with E-state index in [2.05, 4.69) is 67.3 Å². The second-order valence-electron chi connectivity index (χ2n) is 6.78. The van der Waals surface area contributed by atoms with E-state index >= 15 is 0 Å². The first kappa shape index (κ1) is 14.5. The van der Waals surface area contributed by atoms with Crippen molar-refractivity contribution in [3.63, 3.8) is 0 Å². The SMILES string of the molecule is Cc1cccn2c(C(C)(C)N3CCN(C)CC3)nc(C)c12. The van der Waals surface area contributed by atoms with Crippen LogP contribution < -0.4 is 0 Å². The van der Waals surface area contributed by atoms with Gasteiger partial charge in [0, 0.05) is 32.4 Å². The molecule has 3 rings (SSSR count). The van der Waals surface area contributed by atoms with Crippen molar-refractivity contribution in [1.82, 2.24) is 19.2 Å². The molecule has 0 radical (unpaired) electrons. The number of aromatic nitrogens is 2. The van der Waals surface area contributed by atoms with Gasteiger partial charge in [-0.05, 0) is 46.4 Å². The van der Waals surface area contributed by atoms with E-state index in [0.29, 0.717) is 0 Å². The topological polar surface area (TPSA) is 23.8 Å². The van der Waals surface area contributed by atoms with E-state index in [1.807, 2.05) is 0 Å². The van der Waals surface area contributed by atoms with Gasteiger partial charge in [0.1, 0.15) is 5.82 Å². The Morgan fingerprint density at radius 3 is 2.43 bits per heavy atom. The van der Waals surface area contributed by atoms with Crippen molar-refractivity contribution in [2.75, 3.05) is 33.2 Å². The molecule has 0 atom stereocenters. The van der Waals surface area contributed by atoms with Gasteiger partial charge in [-0.2, -0.15) is 0 Å². The van der Waals surface area contributed by atoms with E-state index in [-0.39, 0.29) is 5.54 Å². The van der Waals surface area contributed by atoms with Crippen molar-refractivity contribution in [3.8, 4) is 0 Å². The number of fused-ring (bicyclic) bond motifs is 1. The molecule has 1 aliphatic heterocycles. The van der Waals surface area contributed by atoms with E-state index in [0.717, 1.165) is 37.7 Å². The lowest BCUT2D eigenvalue weighted by Gasteiger charge is -2.42. The third kappa shape index (κ3) is 2.36. The lowest BCUT2D eigenvalue weighted by atomic mass is 10.0. The fourth-order valence-electron chi connectivity index (χ4n) is 3.46. The summed E-state index contributed by atoms with van der Waals surface area (Å²) in [5.41, 5.74) is 3.63. The van der Waals surface area contributed by atoms with Crippen LogP contribution in [0.15, 0.2) is 18.3 Å². The Bertz CT molecular complexity index is 648. The summed E-state index contributed by atoms with van der Waals surface area (Å²) in [4.78, 5) is 9.88. The summed E-state index contributed by atoms with van der Waals surface area (Å²) in [5, 5.41) is 0. The van der Waals surface area contributed by atoms with E-state index < -0.39 is 0 Å². The molecule has 0 amide bonds. The average molecular weight is 286 g/mol. The molecule has 0 saturated carbocycles. The van der Waals surface area contributed by atoms with Gasteiger partial charge in [-0.25, -0.2) is 4.98 Å². The first-order valence-corrected chi connectivity index (χ1v) is 7.79. The Hall–Kier alpha value is -1.39. The molecule has 1 fully saturated rings. The summed E-state index contributed by atoms with van der Waals surface area (Å²) in [5.74, 6) is 1.16. The van der Waals surface area contributed by atoms with Gasteiger partial charge in [-0.1, -0.05) is 6.07 Å². The summed E-state index contributed by atoms with van der Waals surface area (Å²) in [6, 6.07) is 4.28. The molecule has 3 heterocycles. The number of nitrogens with zero attached hydrogens (tertiary/aromatic N) is 4. The summed E-state index contributed by atoms with van der Waals surface area (Å²) in [7, 11) is 2.20. The van der Waals surface area contributed by atoms with Crippen LogP contribution in [-0.4, -0.2) is 52.4 Å². The fraction of sp³-hybridized carbons (Fsp3) is 0.588. The minimum absolute atomic E-state index is 0.0494. The van der Waals surface area contributed by atoms with E-state index in [1.165, 1.54) is 11.1 Å². The number of aryl methyl sites for hydroxylation is 2. The Labute approximate surface area is 127 Å². The molecule has 114 valence electrons. The van der Waals surface area contributed by atoms with Crippen molar-refractivity contribution in [2.45, 2.75) is 33.2 Å². The van der Waals surface area contributed by atoms with Crippen molar-refractivity contribution < 1.29 is 0 Å². The molecule has 0 unspecified atom stereocenters. The van der Waals surface area contributed by atoms with Crippen LogP contribution in [0.5, 0.6) is 0 Å². The summed E-state index contributed by atoms with van der Waals surface area (Å²) in [6.07, 6.45) is 2.15. The molecule has 0 N–H and O–H groups in total. The van der Waals surface area contributed by atoms with Crippen molar-refractivity contribution >= 4 is 5.52 Å². The number of rotatable bonds is 2. The second-order valence-corrected chi connectivity index (χ2v) is 6.78. The molecule has 2 aromatic heterocycles. The quantitative estimate of drug-likeness (QED) is 0.847. The van der Waals surface area contributed by atoms with Crippen LogP contribution in [0.3, 0.4) is 0 Å². The first-order chi connectivity index (χ1) is 9.91. The van der Waals surface area contributed by atoms with E-state index in [4.69, 9.17) is 4.98 Å². The first-order valence-electron chi connectivity index (χ1n) is 7.79. The molecule has 0 bridgehead atoms. The van der Waals surface area contributed by atoms with Crippen LogP contribution in [0.1, 0.15) is 30.9 Å². The highest BCUT2D eigenvalue weighted by molar-refractivity contribution is 5.59. The molecular weight excluding hydrogens is 260 g/mol. The van der Waals surface area contributed by atoms with Gasteiger partial charge in [0.25, 0.3) is 0 Å². The molecular formula is C17H26N4. The normalized spacial score (nSPS) is 18.5.